The molecule has 2 aromatic rings. The van der Waals surface area contributed by atoms with Gasteiger partial charge in [0.05, 0.1) is 10.6 Å². The number of halogens is 1. The van der Waals surface area contributed by atoms with E-state index in [0.717, 1.165) is 0 Å². The number of rotatable bonds is 4. The van der Waals surface area contributed by atoms with Gasteiger partial charge < -0.3 is 0 Å². The molecule has 0 saturated heterocycles. The topological polar surface area (TPSA) is 58.5 Å². The summed E-state index contributed by atoms with van der Waals surface area (Å²) in [5.74, 6) is -0.451. The van der Waals surface area contributed by atoms with Crippen molar-refractivity contribution < 1.29 is 12.8 Å². The first-order chi connectivity index (χ1) is 9.50. The molecular weight excluding hydrogens is 279 g/mol. The van der Waals surface area contributed by atoms with Crippen LogP contribution >= 0.6 is 0 Å². The Balaban J connectivity index is 2.23. The third kappa shape index (κ3) is 3.21. The third-order valence-corrected chi connectivity index (χ3v) is 3.88. The predicted octanol–water partition coefficient (Wildman–Crippen LogP) is 2.53. The quantitative estimate of drug-likeness (QED) is 0.695. The van der Waals surface area contributed by atoms with E-state index in [9.17, 15) is 12.8 Å². The molecule has 2 aromatic carbocycles. The lowest BCUT2D eigenvalue weighted by Gasteiger charge is -2.05. The van der Waals surface area contributed by atoms with Crippen LogP contribution in [0.15, 0.2) is 64.6 Å². The van der Waals surface area contributed by atoms with Crippen molar-refractivity contribution in [1.29, 1.82) is 0 Å². The summed E-state index contributed by atoms with van der Waals surface area (Å²) in [6.45, 7) is 1.53. The number of hydrogen-bond acceptors (Lipinski definition) is 3. The molecule has 0 unspecified atom stereocenters. The van der Waals surface area contributed by atoms with Crippen LogP contribution in [-0.4, -0.2) is 14.1 Å². The van der Waals surface area contributed by atoms with Gasteiger partial charge in [-0.3, -0.25) is 0 Å². The summed E-state index contributed by atoms with van der Waals surface area (Å²) >= 11 is 0. The molecule has 0 heterocycles. The highest BCUT2D eigenvalue weighted by atomic mass is 32.2. The van der Waals surface area contributed by atoms with Crippen LogP contribution in [0.25, 0.3) is 0 Å². The molecule has 0 radical (unpaired) electrons. The van der Waals surface area contributed by atoms with Crippen molar-refractivity contribution in [3.8, 4) is 0 Å². The molecule has 4 nitrogen and oxygen atoms in total. The molecule has 0 amide bonds. The van der Waals surface area contributed by atoms with Crippen LogP contribution in [-0.2, 0) is 10.0 Å². The molecule has 0 aromatic heterocycles. The van der Waals surface area contributed by atoms with E-state index < -0.39 is 15.8 Å². The highest BCUT2D eigenvalue weighted by molar-refractivity contribution is 7.89. The summed E-state index contributed by atoms with van der Waals surface area (Å²) in [7, 11) is -3.74. The minimum absolute atomic E-state index is 0.102. The van der Waals surface area contributed by atoms with Gasteiger partial charge in [0.15, 0.2) is 0 Å². The molecule has 0 atom stereocenters. The standard InChI is InChI=1S/C14H13FN2O2S/c1-11(13-9-5-6-10-14(13)15)16-17-20(18,19)12-7-3-2-4-8-12/h2-10,17H,1H3/b16-11-. The minimum Gasteiger partial charge on any atom is -0.206 e. The van der Waals surface area contributed by atoms with Gasteiger partial charge in [-0.25, -0.2) is 4.39 Å². The third-order valence-electron chi connectivity index (χ3n) is 2.65. The Labute approximate surface area is 117 Å². The monoisotopic (exact) mass is 292 g/mol. The van der Waals surface area contributed by atoms with Crippen LogP contribution in [0.1, 0.15) is 12.5 Å². The minimum atomic E-state index is -3.74. The van der Waals surface area contributed by atoms with E-state index in [1.54, 1.807) is 30.3 Å². The Morgan fingerprint density at radius 2 is 1.65 bits per heavy atom. The second-order valence-corrected chi connectivity index (χ2v) is 5.75. The number of benzene rings is 2. The van der Waals surface area contributed by atoms with Gasteiger partial charge in [-0.1, -0.05) is 36.4 Å². The van der Waals surface area contributed by atoms with Crippen LogP contribution in [0, 0.1) is 5.82 Å². The maximum absolute atomic E-state index is 13.5. The van der Waals surface area contributed by atoms with E-state index in [1.165, 1.54) is 31.2 Å². The average molecular weight is 292 g/mol. The van der Waals surface area contributed by atoms with E-state index in [0.29, 0.717) is 0 Å². The lowest BCUT2D eigenvalue weighted by Crippen LogP contribution is -2.20. The van der Waals surface area contributed by atoms with Crippen molar-refractivity contribution in [2.45, 2.75) is 11.8 Å². The Kier molecular flexibility index (Phi) is 4.14. The van der Waals surface area contributed by atoms with Gasteiger partial charge in [0.25, 0.3) is 10.0 Å². The van der Waals surface area contributed by atoms with Crippen molar-refractivity contribution in [2.24, 2.45) is 5.10 Å². The van der Waals surface area contributed by atoms with E-state index in [2.05, 4.69) is 9.93 Å². The fourth-order valence-electron chi connectivity index (χ4n) is 1.60. The molecular formula is C14H13FN2O2S. The molecule has 0 spiro atoms. The summed E-state index contributed by atoms with van der Waals surface area (Å²) in [6, 6.07) is 13.9. The largest absolute Gasteiger partial charge is 0.276 e. The zero-order chi connectivity index (χ0) is 14.6. The van der Waals surface area contributed by atoms with Crippen LogP contribution < -0.4 is 4.83 Å². The lowest BCUT2D eigenvalue weighted by molar-refractivity contribution is 0.584. The molecule has 0 aliphatic rings. The van der Waals surface area contributed by atoms with Crippen LogP contribution in [0.2, 0.25) is 0 Å². The normalized spacial score (nSPS) is 12.2. The SMILES string of the molecule is C/C(=N/NS(=O)(=O)c1ccccc1)c1ccccc1F. The molecule has 0 aliphatic heterocycles. The molecule has 6 heteroatoms. The van der Waals surface area contributed by atoms with Gasteiger partial charge in [0.1, 0.15) is 5.82 Å². The number of sulfonamides is 1. The van der Waals surface area contributed by atoms with Gasteiger partial charge in [-0.15, -0.1) is 0 Å². The number of hydrazone groups is 1. The maximum atomic E-state index is 13.5. The molecule has 20 heavy (non-hydrogen) atoms. The number of nitrogens with zero attached hydrogens (tertiary/aromatic N) is 1. The second kappa shape index (κ2) is 5.83. The zero-order valence-electron chi connectivity index (χ0n) is 10.7. The maximum Gasteiger partial charge on any atom is 0.276 e. The van der Waals surface area contributed by atoms with Gasteiger partial charge in [-0.05, 0) is 25.1 Å². The number of nitrogens with one attached hydrogen (secondary N) is 1. The smallest absolute Gasteiger partial charge is 0.206 e. The van der Waals surface area contributed by atoms with Crippen molar-refractivity contribution in [3.05, 3.63) is 66.0 Å². The molecule has 0 aliphatic carbocycles. The number of hydrogen-bond donors (Lipinski definition) is 1. The van der Waals surface area contributed by atoms with Gasteiger partial charge in [0, 0.05) is 5.56 Å². The Hall–Kier alpha value is -2.21. The summed E-state index contributed by atoms with van der Waals surface area (Å²) in [4.78, 5) is 2.20. The van der Waals surface area contributed by atoms with Gasteiger partial charge in [-0.2, -0.15) is 18.4 Å². The fraction of sp³-hybridized carbons (Fsp3) is 0.0714. The summed E-state index contributed by atoms with van der Waals surface area (Å²) < 4.78 is 37.4. The van der Waals surface area contributed by atoms with Crippen molar-refractivity contribution in [1.82, 2.24) is 4.83 Å². The van der Waals surface area contributed by atoms with Crippen LogP contribution in [0.4, 0.5) is 4.39 Å². The lowest BCUT2D eigenvalue weighted by atomic mass is 10.1. The van der Waals surface area contributed by atoms with E-state index >= 15 is 0 Å². The highest BCUT2D eigenvalue weighted by Crippen LogP contribution is 2.09. The zero-order valence-corrected chi connectivity index (χ0v) is 11.6. The first-order valence-electron chi connectivity index (χ1n) is 5.87. The van der Waals surface area contributed by atoms with Crippen LogP contribution in [0.3, 0.4) is 0 Å². The Morgan fingerprint density at radius 1 is 1.05 bits per heavy atom. The second-order valence-electron chi connectivity index (χ2n) is 4.08. The summed E-state index contributed by atoms with van der Waals surface area (Å²) in [5.41, 5.74) is 0.505. The summed E-state index contributed by atoms with van der Waals surface area (Å²) in [5, 5.41) is 3.74. The molecule has 0 saturated carbocycles. The van der Waals surface area contributed by atoms with E-state index in [4.69, 9.17) is 0 Å². The predicted molar refractivity (Wildman–Crippen MR) is 75.4 cm³/mol. The van der Waals surface area contributed by atoms with Crippen LogP contribution in [0.5, 0.6) is 0 Å². The van der Waals surface area contributed by atoms with E-state index in [1.807, 2.05) is 0 Å². The Morgan fingerprint density at radius 3 is 2.30 bits per heavy atom. The first-order valence-corrected chi connectivity index (χ1v) is 7.35. The van der Waals surface area contributed by atoms with E-state index in [-0.39, 0.29) is 16.2 Å². The van der Waals surface area contributed by atoms with Crippen molar-refractivity contribution in [3.63, 3.8) is 0 Å². The fourth-order valence-corrected chi connectivity index (χ4v) is 2.47. The first kappa shape index (κ1) is 14.2. The molecule has 1 N–H and O–H groups in total. The van der Waals surface area contributed by atoms with Crippen molar-refractivity contribution >= 4 is 15.7 Å². The summed E-state index contributed by atoms with van der Waals surface area (Å²) in [6.07, 6.45) is 0. The average Bonchev–Trinajstić information content (AvgIpc) is 2.46. The molecule has 0 bridgehead atoms. The molecule has 0 fully saturated rings. The molecule has 104 valence electrons. The highest BCUT2D eigenvalue weighted by Gasteiger charge is 2.12. The van der Waals surface area contributed by atoms with Crippen molar-refractivity contribution in [2.75, 3.05) is 0 Å². The Bertz CT molecular complexity index is 728. The van der Waals surface area contributed by atoms with Gasteiger partial charge in [0.2, 0.25) is 0 Å². The van der Waals surface area contributed by atoms with Gasteiger partial charge >= 0.3 is 0 Å². The molecule has 2 rings (SSSR count).